The number of benzene rings is 2. The fraction of sp³-hybridized carbons (Fsp3) is 0.316. The molecule has 2 aromatic rings. The molecule has 0 aliphatic heterocycles. The van der Waals surface area contributed by atoms with Crippen molar-refractivity contribution in [2.24, 2.45) is 0 Å². The van der Waals surface area contributed by atoms with E-state index in [0.29, 0.717) is 6.54 Å². The van der Waals surface area contributed by atoms with Crippen LogP contribution in [0.2, 0.25) is 0 Å². The Morgan fingerprint density at radius 3 is 2.41 bits per heavy atom. The summed E-state index contributed by atoms with van der Waals surface area (Å²) in [6, 6.07) is 18.7. The lowest BCUT2D eigenvalue weighted by atomic mass is 10.1. The van der Waals surface area contributed by atoms with E-state index in [2.05, 4.69) is 48.6 Å². The maximum Gasteiger partial charge on any atom is 0.232 e. The van der Waals surface area contributed by atoms with Crippen LogP contribution in [0.5, 0.6) is 0 Å². The predicted octanol–water partition coefficient (Wildman–Crippen LogP) is 3.98. The fourth-order valence-corrected chi connectivity index (χ4v) is 2.97. The van der Waals surface area contributed by atoms with Gasteiger partial charge in [0, 0.05) is 12.3 Å². The van der Waals surface area contributed by atoms with Crippen LogP contribution in [0.25, 0.3) is 0 Å². The Hall–Kier alpha value is -1.74. The van der Waals surface area contributed by atoms with Crippen molar-refractivity contribution in [1.82, 2.24) is 5.32 Å². The van der Waals surface area contributed by atoms with E-state index in [9.17, 15) is 4.79 Å². The Morgan fingerprint density at radius 1 is 1.05 bits per heavy atom. The Morgan fingerprint density at radius 2 is 1.73 bits per heavy atom. The van der Waals surface area contributed by atoms with Crippen LogP contribution in [-0.4, -0.2) is 17.7 Å². The number of hydrogen-bond acceptors (Lipinski definition) is 2. The zero-order valence-corrected chi connectivity index (χ0v) is 14.0. The van der Waals surface area contributed by atoms with Gasteiger partial charge in [0.1, 0.15) is 0 Å². The molecule has 0 heterocycles. The van der Waals surface area contributed by atoms with Gasteiger partial charge >= 0.3 is 0 Å². The zero-order chi connectivity index (χ0) is 15.8. The lowest BCUT2D eigenvalue weighted by Crippen LogP contribution is -2.32. The second-order valence-corrected chi connectivity index (χ2v) is 6.79. The highest BCUT2D eigenvalue weighted by atomic mass is 32.2. The number of thioether (sulfide) groups is 1. The third-order valence-corrected chi connectivity index (χ3v) is 4.76. The Kier molecular flexibility index (Phi) is 6.53. The normalized spacial score (nSPS) is 11.9. The summed E-state index contributed by atoms with van der Waals surface area (Å²) in [6.45, 7) is 4.74. The van der Waals surface area contributed by atoms with Gasteiger partial charge in [-0.05, 0) is 31.4 Å². The summed E-state index contributed by atoms with van der Waals surface area (Å²) in [7, 11) is 0. The average molecular weight is 313 g/mol. The second kappa shape index (κ2) is 8.64. The number of carbonyl (C=O) groups is 1. The van der Waals surface area contributed by atoms with Crippen LogP contribution in [0, 0.1) is 6.92 Å². The van der Waals surface area contributed by atoms with Crippen molar-refractivity contribution < 1.29 is 4.79 Å². The molecule has 2 nitrogen and oxygen atoms in total. The molecular formula is C19H23NOS. The van der Waals surface area contributed by atoms with Crippen LogP contribution in [-0.2, 0) is 17.0 Å². The van der Waals surface area contributed by atoms with E-state index in [4.69, 9.17) is 0 Å². The summed E-state index contributed by atoms with van der Waals surface area (Å²) < 4.78 is 0. The molecule has 0 saturated heterocycles. The predicted molar refractivity (Wildman–Crippen MR) is 95.1 cm³/mol. The largest absolute Gasteiger partial charge is 0.355 e. The molecule has 1 N–H and O–H groups in total. The van der Waals surface area contributed by atoms with Gasteiger partial charge in [0.05, 0.1) is 5.25 Å². The van der Waals surface area contributed by atoms with E-state index in [1.807, 2.05) is 25.1 Å². The summed E-state index contributed by atoms with van der Waals surface area (Å²) >= 11 is 1.68. The number of nitrogens with one attached hydrogen (secondary N) is 1. The van der Waals surface area contributed by atoms with Crippen molar-refractivity contribution in [2.45, 2.75) is 31.3 Å². The summed E-state index contributed by atoms with van der Waals surface area (Å²) in [6.07, 6.45) is 0.877. The molecule has 1 amide bonds. The summed E-state index contributed by atoms with van der Waals surface area (Å²) in [5.74, 6) is 0.987. The van der Waals surface area contributed by atoms with Crippen LogP contribution in [0.3, 0.4) is 0 Å². The molecule has 1 unspecified atom stereocenters. The van der Waals surface area contributed by atoms with Gasteiger partial charge in [-0.2, -0.15) is 0 Å². The van der Waals surface area contributed by atoms with Crippen molar-refractivity contribution in [3.8, 4) is 0 Å². The van der Waals surface area contributed by atoms with Gasteiger partial charge in [0.25, 0.3) is 0 Å². The van der Waals surface area contributed by atoms with Crippen molar-refractivity contribution in [3.05, 3.63) is 71.3 Å². The molecule has 0 aromatic heterocycles. The molecule has 0 aliphatic rings. The highest BCUT2D eigenvalue weighted by Gasteiger charge is 2.12. The molecule has 0 radical (unpaired) electrons. The number of amides is 1. The van der Waals surface area contributed by atoms with E-state index in [1.165, 1.54) is 16.7 Å². The first-order valence-electron chi connectivity index (χ1n) is 7.64. The van der Waals surface area contributed by atoms with Crippen LogP contribution in [0.15, 0.2) is 54.6 Å². The smallest absolute Gasteiger partial charge is 0.232 e. The quantitative estimate of drug-likeness (QED) is 0.838. The maximum atomic E-state index is 12.1. The van der Waals surface area contributed by atoms with Crippen LogP contribution >= 0.6 is 11.8 Å². The molecule has 0 bridgehead atoms. The minimum Gasteiger partial charge on any atom is -0.355 e. The molecule has 0 saturated carbocycles. The number of carbonyl (C=O) groups excluding carboxylic acids is 1. The van der Waals surface area contributed by atoms with E-state index in [-0.39, 0.29) is 11.2 Å². The van der Waals surface area contributed by atoms with E-state index >= 15 is 0 Å². The Bertz CT molecular complexity index is 580. The first-order valence-corrected chi connectivity index (χ1v) is 8.69. The summed E-state index contributed by atoms with van der Waals surface area (Å²) in [5, 5.41) is 2.99. The molecule has 0 spiro atoms. The molecule has 0 fully saturated rings. The summed E-state index contributed by atoms with van der Waals surface area (Å²) in [5.41, 5.74) is 3.78. The molecular weight excluding hydrogens is 290 g/mol. The Balaban J connectivity index is 1.69. The minimum atomic E-state index is -0.0305. The lowest BCUT2D eigenvalue weighted by Gasteiger charge is -2.12. The molecule has 116 valence electrons. The van der Waals surface area contributed by atoms with Gasteiger partial charge in [-0.3, -0.25) is 4.79 Å². The number of hydrogen-bond donors (Lipinski definition) is 1. The molecule has 1 atom stereocenters. The first-order chi connectivity index (χ1) is 10.6. The molecule has 22 heavy (non-hydrogen) atoms. The first kappa shape index (κ1) is 16.6. The standard InChI is InChI=1S/C19H23NOS/c1-15-8-10-18(11-9-15)14-22-16(2)19(21)20-13-12-17-6-4-3-5-7-17/h3-11,16H,12-14H2,1-2H3,(H,20,21). The third-order valence-electron chi connectivity index (χ3n) is 3.55. The van der Waals surface area contributed by atoms with Gasteiger partial charge in [0.2, 0.25) is 5.91 Å². The molecule has 3 heteroatoms. The van der Waals surface area contributed by atoms with Crippen molar-refractivity contribution in [2.75, 3.05) is 6.54 Å². The molecule has 2 rings (SSSR count). The molecule has 0 aliphatic carbocycles. The SMILES string of the molecule is Cc1ccc(CSC(C)C(=O)NCCc2ccccc2)cc1. The molecule has 2 aromatic carbocycles. The Labute approximate surface area is 137 Å². The number of rotatable bonds is 7. The van der Waals surface area contributed by atoms with Crippen molar-refractivity contribution in [3.63, 3.8) is 0 Å². The van der Waals surface area contributed by atoms with Crippen LogP contribution in [0.4, 0.5) is 0 Å². The van der Waals surface area contributed by atoms with E-state index in [0.717, 1.165) is 12.2 Å². The van der Waals surface area contributed by atoms with Crippen LogP contribution in [0.1, 0.15) is 23.6 Å². The fourth-order valence-electron chi connectivity index (χ4n) is 2.10. The summed E-state index contributed by atoms with van der Waals surface area (Å²) in [4.78, 5) is 12.1. The third kappa shape index (κ3) is 5.57. The van der Waals surface area contributed by atoms with E-state index < -0.39 is 0 Å². The zero-order valence-electron chi connectivity index (χ0n) is 13.2. The second-order valence-electron chi connectivity index (χ2n) is 5.47. The van der Waals surface area contributed by atoms with Crippen molar-refractivity contribution in [1.29, 1.82) is 0 Å². The van der Waals surface area contributed by atoms with Gasteiger partial charge in [-0.1, -0.05) is 60.2 Å². The lowest BCUT2D eigenvalue weighted by molar-refractivity contribution is -0.120. The topological polar surface area (TPSA) is 29.1 Å². The highest BCUT2D eigenvalue weighted by Crippen LogP contribution is 2.18. The van der Waals surface area contributed by atoms with E-state index in [1.54, 1.807) is 11.8 Å². The van der Waals surface area contributed by atoms with Gasteiger partial charge in [-0.15, -0.1) is 11.8 Å². The maximum absolute atomic E-state index is 12.1. The van der Waals surface area contributed by atoms with Gasteiger partial charge < -0.3 is 5.32 Å². The highest BCUT2D eigenvalue weighted by molar-refractivity contribution is 7.99. The average Bonchev–Trinajstić information content (AvgIpc) is 2.55. The van der Waals surface area contributed by atoms with Crippen molar-refractivity contribution >= 4 is 17.7 Å². The monoisotopic (exact) mass is 313 g/mol. The number of aryl methyl sites for hydroxylation is 1. The minimum absolute atomic E-state index is 0.0305. The van der Waals surface area contributed by atoms with Gasteiger partial charge in [0.15, 0.2) is 0 Å². The van der Waals surface area contributed by atoms with Crippen LogP contribution < -0.4 is 5.32 Å². The van der Waals surface area contributed by atoms with Gasteiger partial charge in [-0.25, -0.2) is 0 Å².